The van der Waals surface area contributed by atoms with E-state index < -0.39 is 70.1 Å². The number of amides is 2. The van der Waals surface area contributed by atoms with E-state index in [1.165, 1.54) is 0 Å². The van der Waals surface area contributed by atoms with Gasteiger partial charge in [0.05, 0.1) is 11.5 Å². The molecule has 11 nitrogen and oxygen atoms in total. The predicted octanol–water partition coefficient (Wildman–Crippen LogP) is 1.33. The Balaban J connectivity index is 1.55. The Hall–Kier alpha value is -3.60. The Morgan fingerprint density at radius 1 is 1.14 bits per heavy atom. The second-order valence-electron chi connectivity index (χ2n) is 13.5. The molecule has 4 aliphatic carbocycles. The van der Waals surface area contributed by atoms with Crippen LogP contribution in [0.2, 0.25) is 0 Å². The van der Waals surface area contributed by atoms with Gasteiger partial charge in [0.2, 0.25) is 11.8 Å². The monoisotopic (exact) mass is 595 g/mol. The first-order valence-corrected chi connectivity index (χ1v) is 15.1. The number of aromatic hydroxyl groups is 1. The SMILES string of the molecule is CC1CCC[C@@H]1C(=O)NCc1cc(N(C)C)c2c(c1O)C(=O)C1C(=O)[C@]3(O)C(=O)C(C(N)=O)C(=O)[C@@H](C(C)C)[C@@H]3C[C@@H]1C2. The first-order chi connectivity index (χ1) is 20.1. The molecule has 0 radical (unpaired) electrons. The lowest BCUT2D eigenvalue weighted by molar-refractivity contribution is -0.182. The van der Waals surface area contributed by atoms with Gasteiger partial charge in [0, 0.05) is 49.6 Å². The van der Waals surface area contributed by atoms with Gasteiger partial charge < -0.3 is 26.2 Å². The first kappa shape index (κ1) is 30.8. The quantitative estimate of drug-likeness (QED) is 0.352. The van der Waals surface area contributed by atoms with Crippen molar-refractivity contribution in [1.29, 1.82) is 0 Å². The van der Waals surface area contributed by atoms with Crippen LogP contribution in [0.5, 0.6) is 5.75 Å². The largest absolute Gasteiger partial charge is 0.507 e. The number of benzene rings is 1. The normalized spacial score (nSPS) is 33.6. The van der Waals surface area contributed by atoms with Crippen LogP contribution < -0.4 is 16.0 Å². The van der Waals surface area contributed by atoms with Crippen LogP contribution in [0.3, 0.4) is 0 Å². The third-order valence-corrected chi connectivity index (χ3v) is 10.5. The summed E-state index contributed by atoms with van der Waals surface area (Å²) in [6.07, 6.45) is 2.94. The second kappa shape index (κ2) is 10.8. The summed E-state index contributed by atoms with van der Waals surface area (Å²) in [7, 11) is 3.57. The summed E-state index contributed by atoms with van der Waals surface area (Å²) in [5.74, 6) is -12.0. The number of aliphatic hydroxyl groups is 1. The van der Waals surface area contributed by atoms with Gasteiger partial charge in [-0.05, 0) is 55.1 Å². The molecule has 3 unspecified atom stereocenters. The zero-order valence-electron chi connectivity index (χ0n) is 25.3. The first-order valence-electron chi connectivity index (χ1n) is 15.1. The highest BCUT2D eigenvalue weighted by Crippen LogP contribution is 2.54. The lowest BCUT2D eigenvalue weighted by atomic mass is 9.49. The van der Waals surface area contributed by atoms with Gasteiger partial charge in [0.1, 0.15) is 5.75 Å². The molecular formula is C32H41N3O8. The third-order valence-electron chi connectivity index (χ3n) is 10.5. The van der Waals surface area contributed by atoms with E-state index in [1.54, 1.807) is 38.9 Å². The summed E-state index contributed by atoms with van der Waals surface area (Å²) in [5, 5.41) is 26.1. The van der Waals surface area contributed by atoms with E-state index >= 15 is 0 Å². The smallest absolute Gasteiger partial charge is 0.235 e. The highest BCUT2D eigenvalue weighted by molar-refractivity contribution is 6.32. The number of Topliss-reactive ketones (excluding diaryl/α,β-unsaturated/α-hetero) is 4. The van der Waals surface area contributed by atoms with Crippen molar-refractivity contribution in [3.8, 4) is 5.75 Å². The van der Waals surface area contributed by atoms with Gasteiger partial charge >= 0.3 is 0 Å². The molecule has 0 spiro atoms. The molecule has 0 aromatic heterocycles. The number of carbonyl (C=O) groups excluding carboxylic acids is 6. The van der Waals surface area contributed by atoms with Crippen molar-refractivity contribution in [1.82, 2.24) is 5.32 Å². The van der Waals surface area contributed by atoms with E-state index in [1.807, 2.05) is 6.92 Å². The zero-order valence-corrected chi connectivity index (χ0v) is 25.3. The number of ketones is 4. The third kappa shape index (κ3) is 4.58. The van der Waals surface area contributed by atoms with Gasteiger partial charge in [0.15, 0.2) is 34.7 Å². The van der Waals surface area contributed by atoms with Crippen LogP contribution in [0, 0.1) is 47.3 Å². The second-order valence-corrected chi connectivity index (χ2v) is 13.5. The summed E-state index contributed by atoms with van der Waals surface area (Å²) in [6, 6.07) is 1.73. The molecule has 1 aromatic rings. The lowest BCUT2D eigenvalue weighted by Gasteiger charge is -2.52. The number of nitrogens with two attached hydrogens (primary N) is 1. The Morgan fingerprint density at radius 3 is 2.37 bits per heavy atom. The van der Waals surface area contributed by atoms with Crippen LogP contribution in [-0.4, -0.2) is 64.9 Å². The van der Waals surface area contributed by atoms with Gasteiger partial charge in [-0.15, -0.1) is 0 Å². The molecule has 3 saturated carbocycles. The van der Waals surface area contributed by atoms with E-state index in [2.05, 4.69) is 5.32 Å². The maximum absolute atomic E-state index is 14.2. The van der Waals surface area contributed by atoms with Crippen molar-refractivity contribution in [2.75, 3.05) is 19.0 Å². The maximum Gasteiger partial charge on any atom is 0.235 e. The number of hydrogen-bond donors (Lipinski definition) is 4. The number of carbonyl (C=O) groups is 6. The lowest BCUT2D eigenvalue weighted by Crippen LogP contribution is -2.71. The Kier molecular flexibility index (Phi) is 7.77. The fourth-order valence-corrected chi connectivity index (χ4v) is 8.34. The molecule has 8 atom stereocenters. The number of phenols is 1. The van der Waals surface area contributed by atoms with Crippen molar-refractivity contribution in [3.63, 3.8) is 0 Å². The van der Waals surface area contributed by atoms with Crippen molar-refractivity contribution < 1.29 is 39.0 Å². The Bertz CT molecular complexity index is 1430. The molecule has 2 amide bonds. The molecule has 4 aliphatic rings. The standard InChI is InChI=1S/C32H41N3O8/c1-13(2)21-19-10-15-9-18-20(35(4)5)11-16(12-34-31(42)17-8-6-7-14(17)3)25(36)23(18)27(38)22(15)28(39)32(19,43)29(40)24(26(21)37)30(33)41/h11,13-15,17,19,21-22,24,36,43H,6-10,12H2,1-5H3,(H2,33,41)(H,34,42)/t14?,15-,17-,19-,21-,22?,24?,32-/m0/s1. The van der Waals surface area contributed by atoms with Crippen molar-refractivity contribution in [2.45, 2.75) is 65.0 Å². The van der Waals surface area contributed by atoms with Gasteiger partial charge in [-0.3, -0.25) is 28.8 Å². The Morgan fingerprint density at radius 2 is 1.81 bits per heavy atom. The van der Waals surface area contributed by atoms with Crippen LogP contribution in [0.1, 0.15) is 67.9 Å². The van der Waals surface area contributed by atoms with Crippen molar-refractivity contribution in [2.24, 2.45) is 53.1 Å². The number of rotatable bonds is 6. The summed E-state index contributed by atoms with van der Waals surface area (Å²) in [5.41, 5.74) is 4.05. The summed E-state index contributed by atoms with van der Waals surface area (Å²) >= 11 is 0. The molecule has 5 N–H and O–H groups in total. The van der Waals surface area contributed by atoms with Gasteiger partial charge in [-0.2, -0.15) is 0 Å². The topological polar surface area (TPSA) is 184 Å². The molecule has 3 fully saturated rings. The molecule has 11 heteroatoms. The van der Waals surface area contributed by atoms with Crippen LogP contribution in [0.4, 0.5) is 5.69 Å². The number of nitrogens with zero attached hydrogens (tertiary/aromatic N) is 1. The molecule has 0 bridgehead atoms. The Labute approximate surface area is 250 Å². The van der Waals surface area contributed by atoms with Gasteiger partial charge in [-0.25, -0.2) is 0 Å². The minimum Gasteiger partial charge on any atom is -0.507 e. The number of hydrogen-bond acceptors (Lipinski definition) is 9. The number of fused-ring (bicyclic) bond motifs is 3. The average molecular weight is 596 g/mol. The number of anilines is 1. The molecule has 5 rings (SSSR count). The summed E-state index contributed by atoms with van der Waals surface area (Å²) < 4.78 is 0. The molecule has 0 heterocycles. The molecule has 0 saturated heterocycles. The number of phenolic OH excluding ortho intramolecular Hbond substituents is 1. The molecule has 43 heavy (non-hydrogen) atoms. The molecule has 0 aliphatic heterocycles. The fourth-order valence-electron chi connectivity index (χ4n) is 8.34. The fraction of sp³-hybridized carbons (Fsp3) is 0.625. The van der Waals surface area contributed by atoms with Gasteiger partial charge in [0.25, 0.3) is 0 Å². The van der Waals surface area contributed by atoms with Crippen LogP contribution in [-0.2, 0) is 36.9 Å². The van der Waals surface area contributed by atoms with Crippen LogP contribution in [0.25, 0.3) is 0 Å². The van der Waals surface area contributed by atoms with E-state index in [9.17, 15) is 39.0 Å². The van der Waals surface area contributed by atoms with E-state index in [4.69, 9.17) is 5.73 Å². The van der Waals surface area contributed by atoms with Crippen LogP contribution in [0.15, 0.2) is 6.07 Å². The van der Waals surface area contributed by atoms with E-state index in [-0.39, 0.29) is 48.4 Å². The molecular weight excluding hydrogens is 554 g/mol. The highest BCUT2D eigenvalue weighted by atomic mass is 16.3. The van der Waals surface area contributed by atoms with Crippen molar-refractivity contribution in [3.05, 3.63) is 22.8 Å². The average Bonchev–Trinajstić information content (AvgIpc) is 3.35. The van der Waals surface area contributed by atoms with E-state index in [0.717, 1.165) is 19.3 Å². The summed E-state index contributed by atoms with van der Waals surface area (Å²) in [4.78, 5) is 81.9. The van der Waals surface area contributed by atoms with E-state index in [0.29, 0.717) is 16.8 Å². The highest BCUT2D eigenvalue weighted by Gasteiger charge is 2.69. The maximum atomic E-state index is 14.2. The zero-order chi connectivity index (χ0) is 31.7. The van der Waals surface area contributed by atoms with Crippen LogP contribution >= 0.6 is 0 Å². The minimum absolute atomic E-state index is 0.0227. The van der Waals surface area contributed by atoms with Crippen molar-refractivity contribution >= 4 is 40.6 Å². The molecule has 1 aromatic carbocycles. The minimum atomic E-state index is -2.74. The predicted molar refractivity (Wildman–Crippen MR) is 155 cm³/mol. The number of primary amides is 1. The molecule has 232 valence electrons. The van der Waals surface area contributed by atoms with Gasteiger partial charge in [-0.1, -0.05) is 27.2 Å². The summed E-state index contributed by atoms with van der Waals surface area (Å²) in [6.45, 7) is 5.43. The number of nitrogens with one attached hydrogen (secondary N) is 1.